The Hall–Kier alpha value is -1.17. The Kier molecular flexibility index (Phi) is 4.74. The van der Waals surface area contributed by atoms with Crippen molar-refractivity contribution in [3.63, 3.8) is 0 Å². The number of hydrogen-bond acceptors (Lipinski definition) is 5. The van der Waals surface area contributed by atoms with Crippen LogP contribution in [0, 0.1) is 6.92 Å². The molecule has 0 aromatic carbocycles. The summed E-state index contributed by atoms with van der Waals surface area (Å²) in [6, 6.07) is 4.00. The van der Waals surface area contributed by atoms with Gasteiger partial charge in [0.2, 0.25) is 5.89 Å². The maximum Gasteiger partial charge on any atom is 0.236 e. The monoisotopic (exact) mass is 280 g/mol. The Morgan fingerprint density at radius 3 is 2.95 bits per heavy atom. The minimum Gasteiger partial charge on any atom is -0.440 e. The van der Waals surface area contributed by atoms with E-state index in [4.69, 9.17) is 4.42 Å². The second kappa shape index (κ2) is 6.32. The predicted octanol–water partition coefficient (Wildman–Crippen LogP) is 2.91. The summed E-state index contributed by atoms with van der Waals surface area (Å²) in [6.45, 7) is 5.35. The molecule has 0 aliphatic rings. The van der Waals surface area contributed by atoms with Crippen LogP contribution in [0.2, 0.25) is 0 Å². The maximum absolute atomic E-state index is 9.29. The molecule has 0 aliphatic heterocycles. The third-order valence-corrected chi connectivity index (χ3v) is 3.83. The first-order valence-corrected chi connectivity index (χ1v) is 7.31. The van der Waals surface area contributed by atoms with Gasteiger partial charge >= 0.3 is 0 Å². The molecule has 0 amide bonds. The van der Waals surface area contributed by atoms with Gasteiger partial charge in [-0.05, 0) is 38.8 Å². The Bertz CT molecular complexity index is 506. The molecule has 5 heteroatoms. The van der Waals surface area contributed by atoms with E-state index >= 15 is 0 Å². The molecular weight excluding hydrogens is 260 g/mol. The van der Waals surface area contributed by atoms with Crippen LogP contribution in [0.25, 0.3) is 10.8 Å². The zero-order chi connectivity index (χ0) is 13.8. The Labute approximate surface area is 117 Å². The third-order valence-electron chi connectivity index (χ3n) is 2.97. The summed E-state index contributed by atoms with van der Waals surface area (Å²) in [4.78, 5) is 7.76. The van der Waals surface area contributed by atoms with Crippen LogP contribution in [0.5, 0.6) is 0 Å². The van der Waals surface area contributed by atoms with Crippen LogP contribution in [0.3, 0.4) is 0 Å². The van der Waals surface area contributed by atoms with Crippen LogP contribution in [-0.4, -0.2) is 34.7 Å². The molecule has 0 aliphatic carbocycles. The molecule has 1 atom stereocenters. The van der Waals surface area contributed by atoms with Gasteiger partial charge in [-0.3, -0.25) is 0 Å². The quantitative estimate of drug-likeness (QED) is 0.884. The van der Waals surface area contributed by atoms with Gasteiger partial charge in [0.15, 0.2) is 0 Å². The van der Waals surface area contributed by atoms with E-state index in [0.29, 0.717) is 5.89 Å². The van der Waals surface area contributed by atoms with Gasteiger partial charge in [0.05, 0.1) is 16.7 Å². The summed E-state index contributed by atoms with van der Waals surface area (Å²) in [7, 11) is 2.03. The highest BCUT2D eigenvalue weighted by molar-refractivity contribution is 7.13. The highest BCUT2D eigenvalue weighted by atomic mass is 32.1. The van der Waals surface area contributed by atoms with E-state index in [1.807, 2.05) is 38.4 Å². The highest BCUT2D eigenvalue weighted by Crippen LogP contribution is 2.26. The van der Waals surface area contributed by atoms with Crippen LogP contribution in [-0.2, 0) is 6.54 Å². The molecule has 19 heavy (non-hydrogen) atoms. The molecule has 104 valence electrons. The van der Waals surface area contributed by atoms with Crippen molar-refractivity contribution in [1.82, 2.24) is 9.88 Å². The van der Waals surface area contributed by atoms with Crippen molar-refractivity contribution in [3.8, 4) is 10.8 Å². The molecule has 0 bridgehead atoms. The number of oxazole rings is 1. The van der Waals surface area contributed by atoms with Crippen molar-refractivity contribution < 1.29 is 9.52 Å². The van der Waals surface area contributed by atoms with E-state index in [-0.39, 0.29) is 6.10 Å². The molecule has 0 saturated carbocycles. The van der Waals surface area contributed by atoms with Crippen molar-refractivity contribution in [2.24, 2.45) is 0 Å². The largest absolute Gasteiger partial charge is 0.440 e. The van der Waals surface area contributed by atoms with Crippen molar-refractivity contribution in [2.45, 2.75) is 32.9 Å². The van der Waals surface area contributed by atoms with Crippen molar-refractivity contribution in [3.05, 3.63) is 29.0 Å². The van der Waals surface area contributed by atoms with Gasteiger partial charge in [-0.2, -0.15) is 0 Å². The second-order valence-electron chi connectivity index (χ2n) is 4.87. The van der Waals surface area contributed by atoms with Gasteiger partial charge < -0.3 is 14.4 Å². The molecule has 0 saturated heterocycles. The van der Waals surface area contributed by atoms with E-state index in [2.05, 4.69) is 9.88 Å². The molecule has 4 nitrogen and oxygen atoms in total. The number of thiophene rings is 1. The fourth-order valence-corrected chi connectivity index (χ4v) is 2.47. The summed E-state index contributed by atoms with van der Waals surface area (Å²) in [5, 5.41) is 11.3. The molecule has 0 spiro atoms. The maximum atomic E-state index is 9.29. The molecule has 1 unspecified atom stereocenters. The summed E-state index contributed by atoms with van der Waals surface area (Å²) in [5.74, 6) is 1.57. The lowest BCUT2D eigenvalue weighted by Crippen LogP contribution is -2.22. The van der Waals surface area contributed by atoms with Gasteiger partial charge in [0.25, 0.3) is 0 Å². The predicted molar refractivity (Wildman–Crippen MR) is 77.2 cm³/mol. The first kappa shape index (κ1) is 14.2. The molecule has 1 N–H and O–H groups in total. The Balaban J connectivity index is 2.01. The topological polar surface area (TPSA) is 49.5 Å². The highest BCUT2D eigenvalue weighted by Gasteiger charge is 2.13. The number of aryl methyl sites for hydroxylation is 1. The zero-order valence-corrected chi connectivity index (χ0v) is 12.4. The van der Waals surface area contributed by atoms with Crippen LogP contribution >= 0.6 is 11.3 Å². The average molecular weight is 280 g/mol. The minimum absolute atomic E-state index is 0.262. The summed E-state index contributed by atoms with van der Waals surface area (Å²) >= 11 is 1.63. The Morgan fingerprint density at radius 2 is 2.32 bits per heavy atom. The fourth-order valence-electron chi connectivity index (χ4n) is 1.82. The lowest BCUT2D eigenvalue weighted by molar-refractivity contribution is 0.162. The van der Waals surface area contributed by atoms with Crippen LogP contribution in [0.4, 0.5) is 0 Å². The van der Waals surface area contributed by atoms with E-state index < -0.39 is 0 Å². The molecule has 0 radical (unpaired) electrons. The van der Waals surface area contributed by atoms with Gasteiger partial charge in [0, 0.05) is 13.1 Å². The lowest BCUT2D eigenvalue weighted by atomic mass is 10.2. The van der Waals surface area contributed by atoms with E-state index in [0.717, 1.165) is 35.8 Å². The zero-order valence-electron chi connectivity index (χ0n) is 11.6. The van der Waals surface area contributed by atoms with E-state index in [1.54, 1.807) is 11.3 Å². The van der Waals surface area contributed by atoms with Crippen molar-refractivity contribution in [1.29, 1.82) is 0 Å². The first-order chi connectivity index (χ1) is 9.06. The smallest absolute Gasteiger partial charge is 0.236 e. The molecule has 2 aromatic rings. The summed E-state index contributed by atoms with van der Waals surface area (Å²) in [5.41, 5.74) is 0.969. The fraction of sp³-hybridized carbons (Fsp3) is 0.500. The van der Waals surface area contributed by atoms with Gasteiger partial charge in [-0.15, -0.1) is 11.3 Å². The lowest BCUT2D eigenvalue weighted by Gasteiger charge is -2.16. The normalized spacial score (nSPS) is 13.1. The van der Waals surface area contributed by atoms with Gasteiger partial charge in [-0.1, -0.05) is 6.07 Å². The minimum atomic E-state index is -0.262. The third kappa shape index (κ3) is 3.89. The van der Waals surface area contributed by atoms with Crippen LogP contribution in [0.15, 0.2) is 21.9 Å². The van der Waals surface area contributed by atoms with Crippen LogP contribution < -0.4 is 0 Å². The first-order valence-electron chi connectivity index (χ1n) is 6.43. The van der Waals surface area contributed by atoms with Gasteiger partial charge in [0.1, 0.15) is 5.76 Å². The molecule has 2 rings (SSSR count). The van der Waals surface area contributed by atoms with E-state index in [1.165, 1.54) is 0 Å². The summed E-state index contributed by atoms with van der Waals surface area (Å²) < 4.78 is 5.71. The number of aliphatic hydroxyl groups excluding tert-OH is 1. The molecule has 2 heterocycles. The summed E-state index contributed by atoms with van der Waals surface area (Å²) in [6.07, 6.45) is 0.507. The standard InChI is InChI=1S/C14H20N2O2S/c1-10(17)6-7-16(3)9-12-11(2)18-14(15-12)13-5-4-8-19-13/h4-5,8,10,17H,6-7,9H2,1-3H3. The molecule has 2 aromatic heterocycles. The Morgan fingerprint density at radius 1 is 1.53 bits per heavy atom. The number of nitrogens with zero attached hydrogens (tertiary/aromatic N) is 2. The van der Waals surface area contributed by atoms with E-state index in [9.17, 15) is 5.11 Å². The second-order valence-corrected chi connectivity index (χ2v) is 5.82. The number of hydrogen-bond donors (Lipinski definition) is 1. The van der Waals surface area contributed by atoms with Crippen molar-refractivity contribution in [2.75, 3.05) is 13.6 Å². The molecule has 0 fully saturated rings. The molecular formula is C14H20N2O2S. The van der Waals surface area contributed by atoms with Crippen LogP contribution in [0.1, 0.15) is 24.8 Å². The number of aliphatic hydroxyl groups is 1. The van der Waals surface area contributed by atoms with Gasteiger partial charge in [-0.25, -0.2) is 4.98 Å². The van der Waals surface area contributed by atoms with Crippen molar-refractivity contribution >= 4 is 11.3 Å². The number of rotatable bonds is 6. The SMILES string of the molecule is Cc1oc(-c2cccs2)nc1CN(C)CCC(C)O. The number of aromatic nitrogens is 1. The average Bonchev–Trinajstić information content (AvgIpc) is 2.97.